The number of nitro benzene ring substituents is 1. The van der Waals surface area contributed by atoms with Gasteiger partial charge >= 0.3 is 5.97 Å². The Morgan fingerprint density at radius 2 is 2.00 bits per heavy atom. The smallest absolute Gasteiger partial charge is 0.349 e. The third-order valence-corrected chi connectivity index (χ3v) is 5.07. The van der Waals surface area contributed by atoms with Crippen LogP contribution in [0.15, 0.2) is 45.7 Å². The van der Waals surface area contributed by atoms with Crippen LogP contribution in [0.4, 0.5) is 5.69 Å². The number of ether oxygens (including phenoxy) is 1. The summed E-state index contributed by atoms with van der Waals surface area (Å²) in [5, 5.41) is 15.6. The lowest BCUT2D eigenvalue weighted by molar-refractivity contribution is -0.384. The molecule has 0 unspecified atom stereocenters. The van der Waals surface area contributed by atoms with Gasteiger partial charge in [0.25, 0.3) is 15.7 Å². The zero-order valence-electron chi connectivity index (χ0n) is 12.2. The van der Waals surface area contributed by atoms with Crippen LogP contribution in [0, 0.1) is 10.1 Å². The highest BCUT2D eigenvalue weighted by molar-refractivity contribution is 7.89. The maximum absolute atomic E-state index is 12.2. The van der Waals surface area contributed by atoms with Crippen molar-refractivity contribution in [3.05, 3.63) is 56.3 Å². The Labute approximate surface area is 140 Å². The number of carbonyl (C=O) groups excluding carboxylic acids is 1. The Hall–Kier alpha value is -2.79. The Kier molecular flexibility index (Phi) is 5.26. The molecular weight excluding hydrogens is 358 g/mol. The monoisotopic (exact) mass is 369 g/mol. The Morgan fingerprint density at radius 1 is 1.33 bits per heavy atom. The molecule has 0 aliphatic rings. The highest BCUT2D eigenvalue weighted by Gasteiger charge is 2.24. The second-order valence-electron chi connectivity index (χ2n) is 4.31. The minimum atomic E-state index is -4.04. The molecule has 1 aromatic heterocycles. The van der Waals surface area contributed by atoms with Gasteiger partial charge in [0.1, 0.15) is 9.77 Å². The van der Waals surface area contributed by atoms with E-state index in [2.05, 4.69) is 9.84 Å². The first kappa shape index (κ1) is 17.6. The molecule has 0 atom stereocenters. The fraction of sp³-hybridized carbons (Fsp3) is 0.0769. The van der Waals surface area contributed by atoms with Crippen molar-refractivity contribution in [3.63, 3.8) is 0 Å². The fourth-order valence-corrected chi connectivity index (χ4v) is 3.78. The summed E-state index contributed by atoms with van der Waals surface area (Å²) < 4.78 is 28.8. The molecule has 0 fully saturated rings. The van der Waals surface area contributed by atoms with Crippen molar-refractivity contribution >= 4 is 39.2 Å². The Balaban J connectivity index is 2.14. The zero-order chi connectivity index (χ0) is 17.7. The summed E-state index contributed by atoms with van der Waals surface area (Å²) in [6.07, 6.45) is 1.19. The molecule has 2 rings (SSSR count). The van der Waals surface area contributed by atoms with Gasteiger partial charge < -0.3 is 4.74 Å². The van der Waals surface area contributed by atoms with E-state index in [0.717, 1.165) is 18.4 Å². The lowest BCUT2D eigenvalue weighted by Gasteiger charge is -2.03. The third kappa shape index (κ3) is 3.94. The lowest BCUT2D eigenvalue weighted by atomic mass is 10.2. The first-order valence-electron chi connectivity index (χ1n) is 6.30. The summed E-state index contributed by atoms with van der Waals surface area (Å²) in [5.74, 6) is -0.760. The van der Waals surface area contributed by atoms with Gasteiger partial charge in [0.05, 0.1) is 18.2 Å². The number of esters is 1. The van der Waals surface area contributed by atoms with Gasteiger partial charge in [-0.05, 0) is 29.1 Å². The summed E-state index contributed by atoms with van der Waals surface area (Å²) in [7, 11) is -2.89. The minimum Gasteiger partial charge on any atom is -0.465 e. The highest BCUT2D eigenvalue weighted by Crippen LogP contribution is 2.22. The van der Waals surface area contributed by atoms with Crippen LogP contribution in [0.5, 0.6) is 0 Å². The summed E-state index contributed by atoms with van der Waals surface area (Å²) in [6.45, 7) is 0. The molecule has 0 aliphatic heterocycles. The molecule has 0 spiro atoms. The number of thiophene rings is 1. The standard InChI is InChI=1S/C13H11N3O6S2/c1-22-13(17)12-11(6-7-23-12)24(20,21)15-14-8-9-2-4-10(5-3-9)16(18)19/h2-8,15H,1H3/b14-8+. The molecule has 0 radical (unpaired) electrons. The molecule has 0 amide bonds. The lowest BCUT2D eigenvalue weighted by Crippen LogP contribution is -2.20. The van der Waals surface area contributed by atoms with E-state index in [1.165, 1.54) is 41.9 Å². The zero-order valence-corrected chi connectivity index (χ0v) is 13.8. The number of methoxy groups -OCH3 is 1. The van der Waals surface area contributed by atoms with E-state index in [0.29, 0.717) is 5.56 Å². The minimum absolute atomic E-state index is 0.0597. The van der Waals surface area contributed by atoms with Crippen LogP contribution in [-0.4, -0.2) is 32.6 Å². The quantitative estimate of drug-likeness (QED) is 0.357. The number of hydrogen-bond donors (Lipinski definition) is 1. The van der Waals surface area contributed by atoms with Gasteiger partial charge in [-0.15, -0.1) is 11.3 Å². The van der Waals surface area contributed by atoms with Crippen LogP contribution in [0.1, 0.15) is 15.2 Å². The fourth-order valence-electron chi connectivity index (χ4n) is 1.65. The Bertz CT molecular complexity index is 887. The van der Waals surface area contributed by atoms with Crippen LogP contribution in [0.25, 0.3) is 0 Å². The molecule has 11 heteroatoms. The number of hydrogen-bond acceptors (Lipinski definition) is 8. The number of nitrogens with zero attached hydrogens (tertiary/aromatic N) is 2. The first-order chi connectivity index (χ1) is 11.3. The number of nitro groups is 1. The largest absolute Gasteiger partial charge is 0.465 e. The van der Waals surface area contributed by atoms with E-state index in [-0.39, 0.29) is 15.5 Å². The molecule has 0 saturated heterocycles. The Morgan fingerprint density at radius 3 is 2.58 bits per heavy atom. The number of hydrazone groups is 1. The van der Waals surface area contributed by atoms with Crippen molar-refractivity contribution in [1.29, 1.82) is 0 Å². The molecule has 1 N–H and O–H groups in total. The van der Waals surface area contributed by atoms with Gasteiger partial charge in [-0.25, -0.2) is 9.63 Å². The van der Waals surface area contributed by atoms with Crippen LogP contribution in [0.3, 0.4) is 0 Å². The van der Waals surface area contributed by atoms with Gasteiger partial charge in [-0.2, -0.15) is 13.5 Å². The molecular formula is C13H11N3O6S2. The third-order valence-electron chi connectivity index (χ3n) is 2.78. The van der Waals surface area contributed by atoms with Crippen molar-refractivity contribution < 1.29 is 22.9 Å². The first-order valence-corrected chi connectivity index (χ1v) is 8.66. The van der Waals surface area contributed by atoms with Crippen LogP contribution < -0.4 is 4.83 Å². The van der Waals surface area contributed by atoms with Gasteiger partial charge in [-0.1, -0.05) is 0 Å². The van der Waals surface area contributed by atoms with Crippen molar-refractivity contribution in [1.82, 2.24) is 4.83 Å². The van der Waals surface area contributed by atoms with Crippen molar-refractivity contribution in [2.75, 3.05) is 7.11 Å². The average molecular weight is 369 g/mol. The number of carbonyl (C=O) groups is 1. The van der Waals surface area contributed by atoms with Crippen molar-refractivity contribution in [2.45, 2.75) is 4.90 Å². The van der Waals surface area contributed by atoms with Gasteiger partial charge in [-0.3, -0.25) is 10.1 Å². The number of nitrogens with one attached hydrogen (secondary N) is 1. The molecule has 1 aromatic carbocycles. The second kappa shape index (κ2) is 7.19. The SMILES string of the molecule is COC(=O)c1sccc1S(=O)(=O)N/N=C/c1ccc([N+](=O)[O-])cc1. The molecule has 9 nitrogen and oxygen atoms in total. The van der Waals surface area contributed by atoms with E-state index in [1.54, 1.807) is 0 Å². The molecule has 126 valence electrons. The molecule has 1 heterocycles. The number of non-ortho nitro benzene ring substituents is 1. The average Bonchev–Trinajstić information content (AvgIpc) is 3.05. The van der Waals surface area contributed by atoms with Gasteiger partial charge in [0.2, 0.25) is 0 Å². The predicted molar refractivity (Wildman–Crippen MR) is 86.7 cm³/mol. The van der Waals surface area contributed by atoms with Crippen LogP contribution in [0.2, 0.25) is 0 Å². The number of benzene rings is 1. The van der Waals surface area contributed by atoms with Gasteiger partial charge in [0.15, 0.2) is 0 Å². The summed E-state index contributed by atoms with van der Waals surface area (Å²) >= 11 is 0.934. The highest BCUT2D eigenvalue weighted by atomic mass is 32.2. The molecule has 0 saturated carbocycles. The van der Waals surface area contributed by atoms with E-state index in [4.69, 9.17) is 0 Å². The van der Waals surface area contributed by atoms with E-state index in [9.17, 15) is 23.3 Å². The molecule has 2 aromatic rings. The topological polar surface area (TPSA) is 128 Å². The van der Waals surface area contributed by atoms with E-state index < -0.39 is 20.9 Å². The maximum atomic E-state index is 12.2. The van der Waals surface area contributed by atoms with Gasteiger partial charge in [0, 0.05) is 12.1 Å². The molecule has 24 heavy (non-hydrogen) atoms. The normalized spacial score (nSPS) is 11.4. The van der Waals surface area contributed by atoms with Crippen LogP contribution in [-0.2, 0) is 14.8 Å². The van der Waals surface area contributed by atoms with Crippen molar-refractivity contribution in [3.8, 4) is 0 Å². The maximum Gasteiger partial charge on any atom is 0.349 e. The van der Waals surface area contributed by atoms with E-state index >= 15 is 0 Å². The van der Waals surface area contributed by atoms with Crippen LogP contribution >= 0.6 is 11.3 Å². The van der Waals surface area contributed by atoms with E-state index in [1.807, 2.05) is 4.83 Å². The predicted octanol–water partition coefficient (Wildman–Crippen LogP) is 1.76. The summed E-state index contributed by atoms with van der Waals surface area (Å²) in [4.78, 5) is 23.2. The summed E-state index contributed by atoms with van der Waals surface area (Å²) in [6, 6.07) is 6.63. The molecule has 0 aliphatic carbocycles. The van der Waals surface area contributed by atoms with Crippen molar-refractivity contribution in [2.24, 2.45) is 5.10 Å². The molecule has 0 bridgehead atoms. The summed E-state index contributed by atoms with van der Waals surface area (Å²) in [5.41, 5.74) is 0.371. The second-order valence-corrected chi connectivity index (χ2v) is 6.85. The number of sulfonamides is 1. The number of rotatable bonds is 6.